The van der Waals surface area contributed by atoms with E-state index in [4.69, 9.17) is 4.74 Å². The molecule has 0 aliphatic heterocycles. The second kappa shape index (κ2) is 6.94. The van der Waals surface area contributed by atoms with Crippen molar-refractivity contribution in [3.8, 4) is 5.75 Å². The molecule has 0 heterocycles. The summed E-state index contributed by atoms with van der Waals surface area (Å²) >= 11 is 0. The molecule has 0 atom stereocenters. The van der Waals surface area contributed by atoms with E-state index in [1.807, 2.05) is 5.32 Å². The summed E-state index contributed by atoms with van der Waals surface area (Å²) < 4.78 is 57.1. The van der Waals surface area contributed by atoms with Gasteiger partial charge in [0.05, 0.1) is 10.6 Å². The van der Waals surface area contributed by atoms with E-state index >= 15 is 0 Å². The molecule has 0 aliphatic carbocycles. The lowest BCUT2D eigenvalue weighted by Gasteiger charge is -2.09. The normalized spacial score (nSPS) is 10.3. The van der Waals surface area contributed by atoms with Crippen LogP contribution in [0.4, 0.5) is 28.9 Å². The zero-order valence-corrected chi connectivity index (χ0v) is 11.7. The number of benzene rings is 2. The molecule has 0 unspecified atom stereocenters. The van der Waals surface area contributed by atoms with Gasteiger partial charge in [0.1, 0.15) is 5.82 Å². The maximum Gasteiger partial charge on any atom is 0.311 e. The first-order valence-corrected chi connectivity index (χ1v) is 6.29. The van der Waals surface area contributed by atoms with Crippen molar-refractivity contribution < 1.29 is 32.0 Å². The minimum atomic E-state index is -1.77. The Morgan fingerprint density at radius 2 is 1.83 bits per heavy atom. The molecule has 0 aromatic heterocycles. The summed E-state index contributed by atoms with van der Waals surface area (Å²) in [6, 6.07) is 3.77. The molecule has 2 aromatic carbocycles. The number of nitrogens with one attached hydrogen (secondary N) is 1. The molecule has 2 aromatic rings. The quantitative estimate of drug-likeness (QED) is 0.391. The van der Waals surface area contributed by atoms with Gasteiger partial charge in [-0.3, -0.25) is 14.9 Å². The average molecular weight is 344 g/mol. The molecule has 126 valence electrons. The number of nitro groups is 1. The molecule has 0 saturated heterocycles. The summed E-state index contributed by atoms with van der Waals surface area (Å²) in [5.41, 5.74) is -1.22. The number of nitrogens with zero attached hydrogens (tertiary/aromatic N) is 1. The largest absolute Gasteiger partial charge is 0.477 e. The van der Waals surface area contributed by atoms with E-state index in [0.717, 1.165) is 18.2 Å². The Hall–Kier alpha value is -3.17. The van der Waals surface area contributed by atoms with Gasteiger partial charge in [0, 0.05) is 12.1 Å². The third-order valence-corrected chi connectivity index (χ3v) is 2.79. The SMILES string of the molecule is O=C(COc1cc(F)ccc1[N+](=O)[O-])Nc1ccc(F)c(F)c1F. The molecule has 6 nitrogen and oxygen atoms in total. The molecule has 2 rings (SSSR count). The van der Waals surface area contributed by atoms with Gasteiger partial charge in [0.15, 0.2) is 24.1 Å². The lowest BCUT2D eigenvalue weighted by atomic mass is 10.2. The zero-order valence-electron chi connectivity index (χ0n) is 11.7. The first-order chi connectivity index (χ1) is 11.3. The lowest BCUT2D eigenvalue weighted by Crippen LogP contribution is -2.21. The molecule has 0 radical (unpaired) electrons. The number of anilines is 1. The third-order valence-electron chi connectivity index (χ3n) is 2.79. The van der Waals surface area contributed by atoms with E-state index in [0.29, 0.717) is 12.1 Å². The summed E-state index contributed by atoms with van der Waals surface area (Å²) in [5.74, 6) is -7.17. The Bertz CT molecular complexity index is 814. The molecule has 0 saturated carbocycles. The number of halogens is 4. The molecular weight excluding hydrogens is 336 g/mol. The van der Waals surface area contributed by atoms with Crippen molar-refractivity contribution in [1.82, 2.24) is 0 Å². The van der Waals surface area contributed by atoms with Crippen molar-refractivity contribution in [3.05, 3.63) is 63.7 Å². The van der Waals surface area contributed by atoms with Crippen LogP contribution in [-0.4, -0.2) is 17.4 Å². The van der Waals surface area contributed by atoms with E-state index < -0.39 is 57.8 Å². The van der Waals surface area contributed by atoms with Gasteiger partial charge in [-0.15, -0.1) is 0 Å². The highest BCUT2D eigenvalue weighted by molar-refractivity contribution is 5.92. The first-order valence-electron chi connectivity index (χ1n) is 6.29. The summed E-state index contributed by atoms with van der Waals surface area (Å²) in [6.07, 6.45) is 0. The fraction of sp³-hybridized carbons (Fsp3) is 0.0714. The van der Waals surface area contributed by atoms with Gasteiger partial charge in [-0.25, -0.2) is 17.6 Å². The topological polar surface area (TPSA) is 81.5 Å². The van der Waals surface area contributed by atoms with E-state index in [9.17, 15) is 32.5 Å². The van der Waals surface area contributed by atoms with Crippen LogP contribution in [0.15, 0.2) is 30.3 Å². The molecule has 24 heavy (non-hydrogen) atoms. The van der Waals surface area contributed by atoms with Crippen LogP contribution in [0, 0.1) is 33.4 Å². The monoisotopic (exact) mass is 344 g/mol. The minimum Gasteiger partial charge on any atom is -0.477 e. The van der Waals surface area contributed by atoms with E-state index in [1.54, 1.807) is 0 Å². The smallest absolute Gasteiger partial charge is 0.311 e. The van der Waals surface area contributed by atoms with Crippen molar-refractivity contribution in [2.45, 2.75) is 0 Å². The third kappa shape index (κ3) is 3.77. The Morgan fingerprint density at radius 3 is 2.50 bits per heavy atom. The minimum absolute atomic E-state index is 0.513. The van der Waals surface area contributed by atoms with Crippen LogP contribution in [0.25, 0.3) is 0 Å². The van der Waals surface area contributed by atoms with Crippen molar-refractivity contribution in [3.63, 3.8) is 0 Å². The van der Waals surface area contributed by atoms with Gasteiger partial charge >= 0.3 is 5.69 Å². The Labute approximate surface area is 131 Å². The van der Waals surface area contributed by atoms with E-state index in [2.05, 4.69) is 0 Å². The molecular formula is C14H8F4N2O4. The molecule has 0 aliphatic rings. The van der Waals surface area contributed by atoms with Crippen molar-refractivity contribution in [2.75, 3.05) is 11.9 Å². The Morgan fingerprint density at radius 1 is 1.12 bits per heavy atom. The average Bonchev–Trinajstić information content (AvgIpc) is 2.53. The Kier molecular flexibility index (Phi) is 4.97. The summed E-state index contributed by atoms with van der Waals surface area (Å²) in [5, 5.41) is 12.7. The van der Waals surface area contributed by atoms with Crippen molar-refractivity contribution >= 4 is 17.3 Å². The van der Waals surface area contributed by atoms with Gasteiger partial charge in [-0.1, -0.05) is 0 Å². The molecule has 0 fully saturated rings. The fourth-order valence-corrected chi connectivity index (χ4v) is 1.71. The van der Waals surface area contributed by atoms with Crippen LogP contribution in [0.1, 0.15) is 0 Å². The van der Waals surface area contributed by atoms with Crippen LogP contribution in [0.3, 0.4) is 0 Å². The number of rotatable bonds is 5. The number of carbonyl (C=O) groups excluding carboxylic acids is 1. The highest BCUT2D eigenvalue weighted by Gasteiger charge is 2.19. The Balaban J connectivity index is 2.08. The highest BCUT2D eigenvalue weighted by Crippen LogP contribution is 2.27. The highest BCUT2D eigenvalue weighted by atomic mass is 19.2. The van der Waals surface area contributed by atoms with Gasteiger partial charge in [0.2, 0.25) is 5.75 Å². The number of carbonyl (C=O) groups is 1. The van der Waals surface area contributed by atoms with Crippen LogP contribution < -0.4 is 10.1 Å². The zero-order chi connectivity index (χ0) is 17.9. The van der Waals surface area contributed by atoms with Crippen molar-refractivity contribution in [1.29, 1.82) is 0 Å². The first kappa shape index (κ1) is 17.2. The molecule has 1 amide bonds. The number of amides is 1. The van der Waals surface area contributed by atoms with Crippen molar-refractivity contribution in [2.24, 2.45) is 0 Å². The summed E-state index contributed by atoms with van der Waals surface area (Å²) in [4.78, 5) is 21.5. The molecule has 1 N–H and O–H groups in total. The molecule has 0 spiro atoms. The van der Waals surface area contributed by atoms with Gasteiger partial charge < -0.3 is 10.1 Å². The maximum absolute atomic E-state index is 13.4. The summed E-state index contributed by atoms with van der Waals surface area (Å²) in [7, 11) is 0. The van der Waals surface area contributed by atoms with Gasteiger partial charge in [0.25, 0.3) is 5.91 Å². The predicted molar refractivity (Wildman–Crippen MR) is 73.5 cm³/mol. The van der Waals surface area contributed by atoms with Crippen LogP contribution in [0.5, 0.6) is 5.75 Å². The fourth-order valence-electron chi connectivity index (χ4n) is 1.71. The van der Waals surface area contributed by atoms with Crippen LogP contribution in [0.2, 0.25) is 0 Å². The number of hydrogen-bond acceptors (Lipinski definition) is 4. The van der Waals surface area contributed by atoms with E-state index in [1.165, 1.54) is 0 Å². The van der Waals surface area contributed by atoms with Gasteiger partial charge in [-0.05, 0) is 18.2 Å². The predicted octanol–water partition coefficient (Wildman–Crippen LogP) is 3.17. The maximum atomic E-state index is 13.4. The number of nitro benzene ring substituents is 1. The van der Waals surface area contributed by atoms with E-state index in [-0.39, 0.29) is 0 Å². The standard InChI is InChI=1S/C14H8F4N2O4/c15-7-1-4-10(20(22)23)11(5-7)24-6-12(21)19-9-3-2-8(16)13(17)14(9)18/h1-5H,6H2,(H,19,21). The number of hydrogen-bond donors (Lipinski definition) is 1. The second-order valence-electron chi connectivity index (χ2n) is 4.43. The number of ether oxygens (including phenoxy) is 1. The lowest BCUT2D eigenvalue weighted by molar-refractivity contribution is -0.385. The molecule has 0 bridgehead atoms. The second-order valence-corrected chi connectivity index (χ2v) is 4.43. The van der Waals surface area contributed by atoms with Gasteiger partial charge in [-0.2, -0.15) is 0 Å². The summed E-state index contributed by atoms with van der Waals surface area (Å²) in [6.45, 7) is -0.845. The van der Waals surface area contributed by atoms with Crippen LogP contribution >= 0.6 is 0 Å². The van der Waals surface area contributed by atoms with Crippen LogP contribution in [-0.2, 0) is 4.79 Å². The molecule has 10 heteroatoms.